The lowest BCUT2D eigenvalue weighted by atomic mass is 10.1. The second-order valence-corrected chi connectivity index (χ2v) is 12.8. The fourth-order valence-electron chi connectivity index (χ4n) is 4.35. The van der Waals surface area contributed by atoms with Crippen molar-refractivity contribution in [3.8, 4) is 10.6 Å². The Hall–Kier alpha value is -5.23. The molecule has 3 N–H and O–H groups in total. The van der Waals surface area contributed by atoms with Crippen molar-refractivity contribution >= 4 is 69.1 Å². The highest BCUT2D eigenvalue weighted by atomic mass is 32.2. The summed E-state index contributed by atoms with van der Waals surface area (Å²) in [6.45, 7) is 0. The highest BCUT2D eigenvalue weighted by Crippen LogP contribution is 2.37. The Morgan fingerprint density at radius 2 is 1.57 bits per heavy atom. The van der Waals surface area contributed by atoms with E-state index in [2.05, 4.69) is 20.9 Å². The summed E-state index contributed by atoms with van der Waals surface area (Å²) in [6, 6.07) is 32.7. The van der Waals surface area contributed by atoms with Crippen LogP contribution in [0.4, 0.5) is 10.8 Å². The number of nitrogens with one attached hydrogen (secondary N) is 3. The third-order valence-electron chi connectivity index (χ3n) is 6.57. The predicted molar refractivity (Wildman–Crippen MR) is 185 cm³/mol. The smallest absolute Gasteiger partial charge is 0.272 e. The van der Waals surface area contributed by atoms with E-state index in [0.29, 0.717) is 22.1 Å². The number of thioether (sulfide) groups is 1. The number of benzene rings is 3. The van der Waals surface area contributed by atoms with Gasteiger partial charge in [0.2, 0.25) is 5.91 Å². The molecule has 0 spiro atoms. The largest absolute Gasteiger partial charge is 0.465 e. The first kappa shape index (κ1) is 30.8. The number of hydrogen-bond acceptors (Lipinski definition) is 8. The maximum absolute atomic E-state index is 13.6. The zero-order valence-corrected chi connectivity index (χ0v) is 26.5. The summed E-state index contributed by atoms with van der Waals surface area (Å²) in [5.74, 6) is -0.725. The quantitative estimate of drug-likeness (QED) is 0.0950. The summed E-state index contributed by atoms with van der Waals surface area (Å²) in [5, 5.41) is 12.4. The molecule has 0 saturated heterocycles. The first-order chi connectivity index (χ1) is 22.5. The predicted octanol–water partition coefficient (Wildman–Crippen LogP) is 8.35. The van der Waals surface area contributed by atoms with Crippen LogP contribution in [0.25, 0.3) is 16.6 Å². The van der Waals surface area contributed by atoms with Crippen LogP contribution in [-0.2, 0) is 9.59 Å². The minimum atomic E-state index is -0.549. The third-order valence-corrected chi connectivity index (χ3v) is 9.49. The van der Waals surface area contributed by atoms with Gasteiger partial charge in [0.05, 0.1) is 16.8 Å². The SMILES string of the molecule is O=C(Nc1ccc(SC(C(=O)Nc2nc(-c3cccs3)cs2)c2ccccc2)cc1)/C(=C/c1ccco1)NC(=O)c1ccccc1. The summed E-state index contributed by atoms with van der Waals surface area (Å²) >= 11 is 4.37. The third kappa shape index (κ3) is 7.88. The summed E-state index contributed by atoms with van der Waals surface area (Å²) in [7, 11) is 0. The van der Waals surface area contributed by atoms with E-state index in [0.717, 1.165) is 21.0 Å². The number of hydrogen-bond donors (Lipinski definition) is 3. The highest BCUT2D eigenvalue weighted by molar-refractivity contribution is 8.00. The Balaban J connectivity index is 1.15. The van der Waals surface area contributed by atoms with Gasteiger partial charge in [-0.15, -0.1) is 34.4 Å². The van der Waals surface area contributed by atoms with Crippen LogP contribution in [0.15, 0.2) is 141 Å². The van der Waals surface area contributed by atoms with E-state index in [1.807, 2.05) is 71.4 Å². The van der Waals surface area contributed by atoms with Gasteiger partial charge in [0.25, 0.3) is 11.8 Å². The number of thiazole rings is 1. The van der Waals surface area contributed by atoms with Crippen LogP contribution in [0.5, 0.6) is 0 Å². The zero-order valence-electron chi connectivity index (χ0n) is 24.1. The normalized spacial score (nSPS) is 11.9. The zero-order chi connectivity index (χ0) is 31.7. The van der Waals surface area contributed by atoms with E-state index in [1.165, 1.54) is 35.4 Å². The van der Waals surface area contributed by atoms with Crippen LogP contribution in [0.2, 0.25) is 0 Å². The van der Waals surface area contributed by atoms with Gasteiger partial charge in [-0.25, -0.2) is 4.98 Å². The van der Waals surface area contributed by atoms with E-state index in [1.54, 1.807) is 59.9 Å². The molecular weight excluding hydrogens is 637 g/mol. The van der Waals surface area contributed by atoms with E-state index >= 15 is 0 Å². The molecule has 0 aliphatic heterocycles. The number of nitrogens with zero attached hydrogens (tertiary/aromatic N) is 1. The molecule has 6 rings (SSSR count). The van der Waals surface area contributed by atoms with Gasteiger partial charge < -0.3 is 20.4 Å². The number of amides is 3. The van der Waals surface area contributed by atoms with Crippen LogP contribution in [0.1, 0.15) is 26.9 Å². The number of carbonyl (C=O) groups excluding carboxylic acids is 3. The molecule has 228 valence electrons. The highest BCUT2D eigenvalue weighted by Gasteiger charge is 2.24. The van der Waals surface area contributed by atoms with Gasteiger partial charge in [0.1, 0.15) is 16.7 Å². The first-order valence-corrected chi connectivity index (χ1v) is 16.7. The Labute approximate surface area is 277 Å². The molecule has 0 aliphatic carbocycles. The van der Waals surface area contributed by atoms with Crippen molar-refractivity contribution in [1.29, 1.82) is 0 Å². The van der Waals surface area contributed by atoms with Crippen LogP contribution in [-0.4, -0.2) is 22.7 Å². The van der Waals surface area contributed by atoms with Gasteiger partial charge in [-0.3, -0.25) is 14.4 Å². The second-order valence-electron chi connectivity index (χ2n) is 9.79. The van der Waals surface area contributed by atoms with Crippen LogP contribution in [0.3, 0.4) is 0 Å². The molecule has 3 aromatic heterocycles. The van der Waals surface area contributed by atoms with Gasteiger partial charge >= 0.3 is 0 Å². The van der Waals surface area contributed by atoms with Crippen molar-refractivity contribution in [2.45, 2.75) is 10.1 Å². The minimum Gasteiger partial charge on any atom is -0.465 e. The van der Waals surface area contributed by atoms with Crippen molar-refractivity contribution in [2.75, 3.05) is 10.6 Å². The molecule has 0 fully saturated rings. The summed E-state index contributed by atoms with van der Waals surface area (Å²) in [5.41, 5.74) is 2.63. The Kier molecular flexibility index (Phi) is 9.84. The average Bonchev–Trinajstić information content (AvgIpc) is 3.89. The molecule has 46 heavy (non-hydrogen) atoms. The van der Waals surface area contributed by atoms with Crippen molar-refractivity contribution in [3.63, 3.8) is 0 Å². The lowest BCUT2D eigenvalue weighted by Gasteiger charge is -2.16. The van der Waals surface area contributed by atoms with E-state index in [-0.39, 0.29) is 11.6 Å². The number of thiophene rings is 1. The first-order valence-electron chi connectivity index (χ1n) is 14.1. The Morgan fingerprint density at radius 1 is 0.804 bits per heavy atom. The molecule has 0 saturated carbocycles. The number of aromatic nitrogens is 1. The maximum Gasteiger partial charge on any atom is 0.272 e. The molecule has 8 nitrogen and oxygen atoms in total. The van der Waals surface area contributed by atoms with Crippen LogP contribution < -0.4 is 16.0 Å². The monoisotopic (exact) mass is 662 g/mol. The Morgan fingerprint density at radius 3 is 2.26 bits per heavy atom. The van der Waals surface area contributed by atoms with Gasteiger partial charge in [-0.05, 0) is 65.5 Å². The number of furan rings is 1. The molecule has 0 bridgehead atoms. The molecule has 0 radical (unpaired) electrons. The van der Waals surface area contributed by atoms with Crippen LogP contribution >= 0.6 is 34.4 Å². The topological polar surface area (TPSA) is 113 Å². The van der Waals surface area contributed by atoms with E-state index in [4.69, 9.17) is 4.42 Å². The minimum absolute atomic E-state index is 0.0208. The summed E-state index contributed by atoms with van der Waals surface area (Å²) in [6.07, 6.45) is 2.95. The van der Waals surface area contributed by atoms with Crippen LogP contribution in [0, 0.1) is 0 Å². The molecule has 6 aromatic rings. The number of carbonyl (C=O) groups is 3. The van der Waals surface area contributed by atoms with Gasteiger partial charge in [0, 0.05) is 27.6 Å². The Bertz CT molecular complexity index is 1940. The molecule has 0 aliphatic rings. The van der Waals surface area contributed by atoms with E-state index < -0.39 is 17.1 Å². The van der Waals surface area contributed by atoms with Crippen molar-refractivity contribution in [1.82, 2.24) is 10.3 Å². The molecule has 1 unspecified atom stereocenters. The molecule has 11 heteroatoms. The summed E-state index contributed by atoms with van der Waals surface area (Å²) < 4.78 is 5.37. The summed E-state index contributed by atoms with van der Waals surface area (Å²) in [4.78, 5) is 46.1. The molecule has 3 heterocycles. The lowest BCUT2D eigenvalue weighted by molar-refractivity contribution is -0.116. The van der Waals surface area contributed by atoms with Gasteiger partial charge in [-0.2, -0.15) is 0 Å². The van der Waals surface area contributed by atoms with Crippen molar-refractivity contribution < 1.29 is 18.8 Å². The van der Waals surface area contributed by atoms with Gasteiger partial charge in [-0.1, -0.05) is 54.6 Å². The average molecular weight is 663 g/mol. The number of anilines is 2. The van der Waals surface area contributed by atoms with Gasteiger partial charge in [0.15, 0.2) is 5.13 Å². The number of rotatable bonds is 11. The fraction of sp³-hybridized carbons (Fsp3) is 0.0286. The molecule has 1 atom stereocenters. The second kappa shape index (κ2) is 14.7. The lowest BCUT2D eigenvalue weighted by Crippen LogP contribution is -2.30. The molecular formula is C35H26N4O4S3. The molecule has 3 aromatic carbocycles. The standard InChI is InChI=1S/C35H26N4O4S3/c40-32(24-11-5-2-6-12-24)37-28(21-26-13-7-19-43-26)33(41)36-25-15-17-27(18-16-25)46-31(23-9-3-1-4-10-23)34(42)39-35-38-29(22-45-35)30-14-8-20-44-30/h1-22,31H,(H,36,41)(H,37,40)(H,38,39,42)/b28-21-. The van der Waals surface area contributed by atoms with Crippen molar-refractivity contribution in [2.24, 2.45) is 0 Å². The molecule has 3 amide bonds. The fourth-order valence-corrected chi connectivity index (χ4v) is 6.85. The van der Waals surface area contributed by atoms with Crippen molar-refractivity contribution in [3.05, 3.63) is 149 Å². The maximum atomic E-state index is 13.6. The van der Waals surface area contributed by atoms with E-state index in [9.17, 15) is 14.4 Å².